The normalized spacial score (nSPS) is 21.9. The fourth-order valence-electron chi connectivity index (χ4n) is 5.43. The first-order valence-electron chi connectivity index (χ1n) is 13.6. The number of fused-ring (bicyclic) bond motifs is 1. The minimum Gasteiger partial charge on any atom is -0.504 e. The minimum absolute atomic E-state index is 0.0925. The van der Waals surface area contributed by atoms with Gasteiger partial charge in [-0.05, 0) is 0 Å². The van der Waals surface area contributed by atoms with Crippen LogP contribution in [0.5, 0.6) is 40.2 Å². The molecule has 14 N–H and O–H groups in total. The van der Waals surface area contributed by atoms with Gasteiger partial charge in [-0.1, -0.05) is 6.66 Å². The summed E-state index contributed by atoms with van der Waals surface area (Å²) in [7, 11) is 2.42. The number of carbonyl (C=O) groups excluding carboxylic acids is 3. The molecule has 3 amide bonds. The molecule has 3 aliphatic rings. The molecule has 0 spiro atoms. The molecular weight excluding hydrogens is 655 g/mol. The van der Waals surface area contributed by atoms with E-state index in [-0.39, 0.29) is 22.6 Å². The lowest BCUT2D eigenvalue weighted by molar-refractivity contribution is -0.407. The Labute approximate surface area is 266 Å². The van der Waals surface area contributed by atoms with E-state index in [0.29, 0.717) is 26.3 Å². The summed E-state index contributed by atoms with van der Waals surface area (Å²) in [5, 5.41) is 129. The van der Waals surface area contributed by atoms with Crippen molar-refractivity contribution in [2.45, 2.75) is 36.9 Å². The molecule has 0 aromatic heterocycles. The minimum atomic E-state index is -4.48. The van der Waals surface area contributed by atoms with Crippen molar-refractivity contribution in [2.75, 3.05) is 38.3 Å². The number of aliphatic hydroxyl groups is 5. The van der Waals surface area contributed by atoms with Crippen molar-refractivity contribution in [3.8, 4) is 40.2 Å². The Morgan fingerprint density at radius 2 is 1.30 bits per heavy atom. The first kappa shape index (κ1) is 35.5. The Morgan fingerprint density at radius 1 is 0.766 bits per heavy atom. The van der Waals surface area contributed by atoms with Crippen molar-refractivity contribution in [3.05, 3.63) is 22.3 Å². The maximum Gasteiger partial charge on any atom is 0.306 e. The quantitative estimate of drug-likeness (QED) is 0.0455. The highest BCUT2D eigenvalue weighted by Gasteiger charge is 2.76. The van der Waals surface area contributed by atoms with Gasteiger partial charge in [0.2, 0.25) is 17.2 Å². The number of nitrogens with zero attached hydrogens (tertiary/aromatic N) is 2. The van der Waals surface area contributed by atoms with E-state index < -0.39 is 105 Å². The largest absolute Gasteiger partial charge is 0.504 e. The molecule has 0 aliphatic carbocycles. The van der Waals surface area contributed by atoms with E-state index in [1.54, 1.807) is 4.90 Å². The predicted octanol–water partition coefficient (Wildman–Crippen LogP) is -3.78. The third kappa shape index (κ3) is 5.15. The molecule has 2 saturated heterocycles. The van der Waals surface area contributed by atoms with Crippen LogP contribution in [0.1, 0.15) is 27.0 Å². The fraction of sp³-hybridized carbons (Fsp3) is 0.423. The topological polar surface area (TPSA) is 334 Å². The first-order chi connectivity index (χ1) is 21.9. The zero-order valence-corrected chi connectivity index (χ0v) is 25.6. The monoisotopic (exact) mass is 688 g/mol. The number of morpholine rings is 1. The highest BCUT2D eigenvalue weighted by molar-refractivity contribution is 7.15. The number of amides is 3. The highest BCUT2D eigenvalue weighted by atomic mass is 31.0. The molecule has 0 radical (unpaired) electrons. The maximum absolute atomic E-state index is 13.4. The molecule has 0 bridgehead atoms. The number of imide groups is 1. The number of ether oxygens (including phenoxy) is 1. The number of anilines is 1. The van der Waals surface area contributed by atoms with Gasteiger partial charge in [-0.25, -0.2) is 0 Å². The van der Waals surface area contributed by atoms with Gasteiger partial charge >= 0.3 is 5.79 Å². The lowest BCUT2D eigenvalue weighted by atomic mass is 9.86. The maximum atomic E-state index is 13.4. The van der Waals surface area contributed by atoms with Crippen LogP contribution >= 0.6 is 9.24 Å². The molecule has 0 saturated carbocycles. The van der Waals surface area contributed by atoms with Crippen molar-refractivity contribution in [1.29, 1.82) is 0 Å². The second-order valence-electron chi connectivity index (χ2n) is 10.6. The van der Waals surface area contributed by atoms with Gasteiger partial charge in [0.15, 0.2) is 23.0 Å². The van der Waals surface area contributed by atoms with E-state index in [4.69, 9.17) is 4.74 Å². The Hall–Kier alpha value is -4.40. The molecule has 21 heteroatoms. The Kier molecular flexibility index (Phi) is 9.29. The number of carbonyl (C=O) groups is 3. The van der Waals surface area contributed by atoms with Crippen LogP contribution in [0.4, 0.5) is 5.69 Å². The summed E-state index contributed by atoms with van der Waals surface area (Å²) >= 11 is 0. The molecule has 20 nitrogen and oxygen atoms in total. The number of aromatic hydroxyl groups is 7. The highest BCUT2D eigenvalue weighted by Crippen LogP contribution is 2.53. The molecule has 2 atom stereocenters. The SMILES string of the molecule is CP.O=C1c2c(O)c(O)c(O)c(NCc3c(O)c(O)c(O)c(O)c3CN3CCOCC3)c2CN1C1(O)C(=O)NC(=O)C(O)(O)C1(O)O. The summed E-state index contributed by atoms with van der Waals surface area (Å²) in [6.07, 6.45) is 0. The number of phenolic OH excluding ortho intramolecular Hbond substituents is 7. The molecule has 2 aromatic rings. The van der Waals surface area contributed by atoms with Gasteiger partial charge in [-0.2, -0.15) is 0 Å². The molecule has 2 aromatic carbocycles. The molecule has 3 aliphatic heterocycles. The number of nitrogens with one attached hydrogen (secondary N) is 2. The van der Waals surface area contributed by atoms with Gasteiger partial charge in [0.25, 0.3) is 29.2 Å². The van der Waals surface area contributed by atoms with Crippen LogP contribution < -0.4 is 10.6 Å². The fourth-order valence-corrected chi connectivity index (χ4v) is 5.43. The lowest BCUT2D eigenvalue weighted by Crippen LogP contribution is -2.85. The van der Waals surface area contributed by atoms with E-state index in [1.807, 2.05) is 6.66 Å². The van der Waals surface area contributed by atoms with Gasteiger partial charge in [-0.3, -0.25) is 29.5 Å². The zero-order valence-electron chi connectivity index (χ0n) is 24.4. The van der Waals surface area contributed by atoms with Gasteiger partial charge in [-0.15, -0.1) is 9.24 Å². The number of rotatable bonds is 6. The Bertz CT molecular complexity index is 1640. The molecular formula is C26H33N4O16P. The number of hydrogen-bond acceptors (Lipinski definition) is 18. The third-order valence-corrected chi connectivity index (χ3v) is 8.06. The molecule has 258 valence electrons. The van der Waals surface area contributed by atoms with E-state index in [1.165, 1.54) is 5.32 Å². The van der Waals surface area contributed by atoms with Gasteiger partial charge in [0.1, 0.15) is 0 Å². The Morgan fingerprint density at radius 3 is 1.87 bits per heavy atom. The Balaban J connectivity index is 0.00000245. The van der Waals surface area contributed by atoms with Gasteiger partial charge < -0.3 is 71.3 Å². The summed E-state index contributed by atoms with van der Waals surface area (Å²) in [5.41, 5.74) is -6.48. The standard InChI is InChI=1S/C25H28N4O16.CH5P/c30-13-8(9(14(31)18(35)17(13)34)6-28-1-3-45-4-2-28)5-26-12-10-7-29(20(37)11(10)15(32)19(36)16(12)33)23(40)21(38)27-22(39)24(41,42)25(23,43)44;1-2/h26,30-36,40-44H,1-7H2,(H,27,38,39);2H2,1H3. The average Bonchev–Trinajstić information content (AvgIpc) is 3.39. The first-order valence-corrected chi connectivity index (χ1v) is 14.7. The molecule has 5 rings (SSSR count). The van der Waals surface area contributed by atoms with Crippen molar-refractivity contribution in [3.63, 3.8) is 0 Å². The molecule has 2 unspecified atom stereocenters. The number of hydrogen-bond donors (Lipinski definition) is 14. The van der Waals surface area contributed by atoms with Crippen molar-refractivity contribution in [1.82, 2.24) is 15.1 Å². The summed E-state index contributed by atoms with van der Waals surface area (Å²) in [4.78, 5) is 39.6. The summed E-state index contributed by atoms with van der Waals surface area (Å²) in [6, 6.07) is 0. The van der Waals surface area contributed by atoms with Crippen LogP contribution in [-0.4, -0.2) is 139 Å². The van der Waals surface area contributed by atoms with Gasteiger partial charge in [0.05, 0.1) is 31.0 Å². The van der Waals surface area contributed by atoms with Crippen molar-refractivity contribution < 1.29 is 80.4 Å². The second kappa shape index (κ2) is 12.3. The van der Waals surface area contributed by atoms with Crippen LogP contribution in [-0.2, 0) is 34.0 Å². The molecule has 47 heavy (non-hydrogen) atoms. The van der Waals surface area contributed by atoms with E-state index >= 15 is 0 Å². The molecule has 3 heterocycles. The number of phenols is 7. The number of piperidine rings is 1. The van der Waals surface area contributed by atoms with Crippen LogP contribution in [0, 0.1) is 0 Å². The van der Waals surface area contributed by atoms with Crippen LogP contribution in [0.15, 0.2) is 0 Å². The van der Waals surface area contributed by atoms with Crippen LogP contribution in [0.2, 0.25) is 0 Å². The summed E-state index contributed by atoms with van der Waals surface area (Å²) < 4.78 is 5.27. The summed E-state index contributed by atoms with van der Waals surface area (Å²) in [5.74, 6) is -22.1. The average molecular weight is 689 g/mol. The van der Waals surface area contributed by atoms with Gasteiger partial charge in [0, 0.05) is 42.9 Å². The van der Waals surface area contributed by atoms with Crippen molar-refractivity contribution >= 4 is 32.6 Å². The predicted molar refractivity (Wildman–Crippen MR) is 156 cm³/mol. The van der Waals surface area contributed by atoms with E-state index in [9.17, 15) is 75.7 Å². The van der Waals surface area contributed by atoms with E-state index in [2.05, 4.69) is 14.6 Å². The molecule has 2 fully saturated rings. The van der Waals surface area contributed by atoms with Crippen molar-refractivity contribution in [2.24, 2.45) is 0 Å². The third-order valence-electron chi connectivity index (χ3n) is 8.06. The second-order valence-corrected chi connectivity index (χ2v) is 10.6. The van der Waals surface area contributed by atoms with Crippen LogP contribution in [0.3, 0.4) is 0 Å². The van der Waals surface area contributed by atoms with E-state index in [0.717, 1.165) is 0 Å². The zero-order chi connectivity index (χ0) is 35.4. The lowest BCUT2D eigenvalue weighted by Gasteiger charge is -2.50. The number of benzene rings is 2. The smallest absolute Gasteiger partial charge is 0.306 e. The summed E-state index contributed by atoms with van der Waals surface area (Å²) in [6.45, 7) is 1.47. The van der Waals surface area contributed by atoms with Crippen LogP contribution in [0.25, 0.3) is 0 Å².